The molecule has 0 radical (unpaired) electrons. The smallest absolute Gasteiger partial charge is 0.228 e. The highest BCUT2D eigenvalue weighted by Crippen LogP contribution is 2.23. The van der Waals surface area contributed by atoms with Crippen LogP contribution in [0.2, 0.25) is 0 Å². The third kappa shape index (κ3) is 5.51. The van der Waals surface area contributed by atoms with Crippen molar-refractivity contribution in [3.63, 3.8) is 0 Å². The molecule has 154 valence electrons. The number of nitrogens with one attached hydrogen (secondary N) is 2. The summed E-state index contributed by atoms with van der Waals surface area (Å²) in [5.41, 5.74) is 4.04. The molecule has 1 aromatic heterocycles. The van der Waals surface area contributed by atoms with E-state index in [0.29, 0.717) is 17.3 Å². The van der Waals surface area contributed by atoms with E-state index in [2.05, 4.69) is 20.6 Å². The van der Waals surface area contributed by atoms with Crippen LogP contribution in [0.3, 0.4) is 0 Å². The Hall–Kier alpha value is -4.06. The van der Waals surface area contributed by atoms with Gasteiger partial charge in [-0.3, -0.25) is 4.79 Å². The maximum absolute atomic E-state index is 13.0. The van der Waals surface area contributed by atoms with E-state index in [4.69, 9.17) is 0 Å². The highest BCUT2D eigenvalue weighted by atomic mass is 19.1. The molecule has 0 fully saturated rings. The number of benzene rings is 3. The fraction of sp³-hybridized carbons (Fsp3) is 0.0800. The third-order valence-corrected chi connectivity index (χ3v) is 4.60. The highest BCUT2D eigenvalue weighted by molar-refractivity contribution is 5.92. The average Bonchev–Trinajstić information content (AvgIpc) is 2.76. The van der Waals surface area contributed by atoms with Gasteiger partial charge in [0.2, 0.25) is 5.91 Å². The van der Waals surface area contributed by atoms with Crippen LogP contribution in [-0.2, 0) is 11.2 Å². The van der Waals surface area contributed by atoms with Crippen LogP contribution in [0.25, 0.3) is 11.3 Å². The second kappa shape index (κ2) is 9.17. The van der Waals surface area contributed by atoms with Crippen molar-refractivity contribution in [1.29, 1.82) is 0 Å². The van der Waals surface area contributed by atoms with Crippen LogP contribution < -0.4 is 10.6 Å². The number of rotatable bonds is 6. The van der Waals surface area contributed by atoms with Crippen molar-refractivity contribution in [2.24, 2.45) is 0 Å². The first-order chi connectivity index (χ1) is 15.0. The molecule has 4 aromatic rings. The van der Waals surface area contributed by atoms with Crippen molar-refractivity contribution in [1.82, 2.24) is 9.97 Å². The first-order valence-electron chi connectivity index (χ1n) is 9.88. The number of hydrogen-bond acceptors (Lipinski definition) is 4. The number of aromatic nitrogens is 2. The molecule has 2 N–H and O–H groups in total. The summed E-state index contributed by atoms with van der Waals surface area (Å²) in [6.07, 6.45) is 0.170. The van der Waals surface area contributed by atoms with Crippen molar-refractivity contribution in [2.75, 3.05) is 10.6 Å². The third-order valence-electron chi connectivity index (χ3n) is 4.60. The molecule has 31 heavy (non-hydrogen) atoms. The lowest BCUT2D eigenvalue weighted by molar-refractivity contribution is -0.115. The van der Waals surface area contributed by atoms with Crippen LogP contribution in [-0.4, -0.2) is 15.9 Å². The summed E-state index contributed by atoms with van der Waals surface area (Å²) in [5, 5.41) is 6.15. The summed E-state index contributed by atoms with van der Waals surface area (Å²) < 4.78 is 13.0. The summed E-state index contributed by atoms with van der Waals surface area (Å²) in [5.74, 6) is 0.833. The second-order valence-electron chi connectivity index (χ2n) is 7.11. The molecule has 1 amide bonds. The Kier molecular flexibility index (Phi) is 5.98. The van der Waals surface area contributed by atoms with E-state index >= 15 is 0 Å². The minimum absolute atomic E-state index is 0.170. The number of nitrogens with zero attached hydrogens (tertiary/aromatic N) is 2. The number of aryl methyl sites for hydroxylation is 1. The molecule has 0 saturated carbocycles. The summed E-state index contributed by atoms with van der Waals surface area (Å²) in [7, 11) is 0. The standard InChI is InChI=1S/C25H21FN4O/c1-17-27-23(19-6-3-2-4-7-19)16-24(28-17)29-21-8-5-9-22(15-21)30-25(31)14-18-10-12-20(26)13-11-18/h2-13,15-16H,14H2,1H3,(H,30,31)(H,27,28,29). The van der Waals surface area contributed by atoms with Crippen LogP contribution in [0.5, 0.6) is 0 Å². The van der Waals surface area contributed by atoms with Crippen LogP contribution in [0.4, 0.5) is 21.6 Å². The van der Waals surface area contributed by atoms with E-state index < -0.39 is 0 Å². The molecular weight excluding hydrogens is 391 g/mol. The first kappa shape index (κ1) is 20.2. The van der Waals surface area contributed by atoms with E-state index in [9.17, 15) is 9.18 Å². The van der Waals surface area contributed by atoms with Gasteiger partial charge in [-0.15, -0.1) is 0 Å². The minimum atomic E-state index is -0.321. The number of carbonyl (C=O) groups excluding carboxylic acids is 1. The lowest BCUT2D eigenvalue weighted by Gasteiger charge is -2.11. The van der Waals surface area contributed by atoms with Crippen molar-refractivity contribution < 1.29 is 9.18 Å². The van der Waals surface area contributed by atoms with Gasteiger partial charge in [0.15, 0.2) is 0 Å². The van der Waals surface area contributed by atoms with E-state index in [1.807, 2.05) is 67.6 Å². The van der Waals surface area contributed by atoms with Gasteiger partial charge in [0.1, 0.15) is 17.5 Å². The van der Waals surface area contributed by atoms with Gasteiger partial charge < -0.3 is 10.6 Å². The van der Waals surface area contributed by atoms with Crippen molar-refractivity contribution >= 4 is 23.1 Å². The number of carbonyl (C=O) groups is 1. The Morgan fingerprint density at radius 2 is 1.61 bits per heavy atom. The Bertz CT molecular complexity index is 1190. The van der Waals surface area contributed by atoms with Gasteiger partial charge in [-0.2, -0.15) is 0 Å². The molecule has 6 heteroatoms. The summed E-state index contributed by atoms with van der Waals surface area (Å²) in [4.78, 5) is 21.3. The van der Waals surface area contributed by atoms with Gasteiger partial charge in [0.25, 0.3) is 0 Å². The van der Waals surface area contributed by atoms with Crippen LogP contribution >= 0.6 is 0 Å². The van der Waals surface area contributed by atoms with Gasteiger partial charge >= 0.3 is 0 Å². The molecule has 0 bridgehead atoms. The van der Waals surface area contributed by atoms with Crippen molar-refractivity contribution in [3.8, 4) is 11.3 Å². The van der Waals surface area contributed by atoms with Crippen molar-refractivity contribution in [2.45, 2.75) is 13.3 Å². The lowest BCUT2D eigenvalue weighted by Crippen LogP contribution is -2.14. The van der Waals surface area contributed by atoms with Gasteiger partial charge in [-0.1, -0.05) is 48.5 Å². The number of hydrogen-bond donors (Lipinski definition) is 2. The van der Waals surface area contributed by atoms with E-state index in [-0.39, 0.29) is 18.1 Å². The zero-order chi connectivity index (χ0) is 21.6. The summed E-state index contributed by atoms with van der Waals surface area (Å²) in [6, 6.07) is 25.1. The lowest BCUT2D eigenvalue weighted by atomic mass is 10.1. The maximum atomic E-state index is 13.0. The Balaban J connectivity index is 1.47. The quantitative estimate of drug-likeness (QED) is 0.438. The molecule has 0 atom stereocenters. The predicted molar refractivity (Wildman–Crippen MR) is 121 cm³/mol. The summed E-state index contributed by atoms with van der Waals surface area (Å²) in [6.45, 7) is 1.85. The molecule has 3 aromatic carbocycles. The van der Waals surface area contributed by atoms with E-state index in [0.717, 1.165) is 22.5 Å². The molecule has 0 aliphatic carbocycles. The molecule has 0 aliphatic heterocycles. The van der Waals surface area contributed by atoms with Gasteiger partial charge in [0.05, 0.1) is 12.1 Å². The van der Waals surface area contributed by atoms with Gasteiger partial charge in [-0.25, -0.2) is 14.4 Å². The average molecular weight is 412 g/mol. The molecular formula is C25H21FN4O. The zero-order valence-corrected chi connectivity index (χ0v) is 17.0. The minimum Gasteiger partial charge on any atom is -0.340 e. The number of amides is 1. The molecule has 0 saturated heterocycles. The van der Waals surface area contributed by atoms with Crippen LogP contribution in [0.15, 0.2) is 84.9 Å². The zero-order valence-electron chi connectivity index (χ0n) is 17.0. The van der Waals surface area contributed by atoms with Gasteiger partial charge in [-0.05, 0) is 42.8 Å². The Morgan fingerprint density at radius 3 is 2.39 bits per heavy atom. The van der Waals surface area contributed by atoms with Crippen LogP contribution in [0, 0.1) is 12.7 Å². The van der Waals surface area contributed by atoms with E-state index in [1.54, 1.807) is 12.1 Å². The largest absolute Gasteiger partial charge is 0.340 e. The fourth-order valence-corrected chi connectivity index (χ4v) is 3.20. The Morgan fingerprint density at radius 1 is 0.871 bits per heavy atom. The highest BCUT2D eigenvalue weighted by Gasteiger charge is 2.07. The Labute approximate surface area is 180 Å². The van der Waals surface area contributed by atoms with Crippen molar-refractivity contribution in [3.05, 3.63) is 102 Å². The monoisotopic (exact) mass is 412 g/mol. The predicted octanol–water partition coefficient (Wildman–Crippen LogP) is 5.52. The molecule has 0 spiro atoms. The molecule has 5 nitrogen and oxygen atoms in total. The van der Waals surface area contributed by atoms with Gasteiger partial charge in [0, 0.05) is 23.0 Å². The number of anilines is 3. The maximum Gasteiger partial charge on any atom is 0.228 e. The number of halogens is 1. The molecule has 4 rings (SSSR count). The molecule has 1 heterocycles. The first-order valence-corrected chi connectivity index (χ1v) is 9.88. The fourth-order valence-electron chi connectivity index (χ4n) is 3.20. The molecule has 0 unspecified atom stereocenters. The summed E-state index contributed by atoms with van der Waals surface area (Å²) >= 11 is 0. The normalized spacial score (nSPS) is 10.5. The molecule has 0 aliphatic rings. The topological polar surface area (TPSA) is 66.9 Å². The second-order valence-corrected chi connectivity index (χ2v) is 7.11. The van der Waals surface area contributed by atoms with Crippen LogP contribution in [0.1, 0.15) is 11.4 Å². The SMILES string of the molecule is Cc1nc(Nc2cccc(NC(=O)Cc3ccc(F)cc3)c2)cc(-c2ccccc2)n1. The van der Waals surface area contributed by atoms with E-state index in [1.165, 1.54) is 12.1 Å².